The van der Waals surface area contributed by atoms with Crippen LogP contribution in [0.25, 0.3) is 27.5 Å². The summed E-state index contributed by atoms with van der Waals surface area (Å²) in [6.45, 7) is 6.57. The quantitative estimate of drug-likeness (QED) is 0.455. The van der Waals surface area contributed by atoms with E-state index in [0.717, 1.165) is 66.6 Å². The maximum Gasteiger partial charge on any atom is 0.229 e. The third kappa shape index (κ3) is 3.18. The Morgan fingerprint density at radius 3 is 2.61 bits per heavy atom. The third-order valence-corrected chi connectivity index (χ3v) is 6.03. The van der Waals surface area contributed by atoms with Gasteiger partial charge in [-0.15, -0.1) is 5.10 Å². The predicted octanol–water partition coefficient (Wildman–Crippen LogP) is 3.46. The molecule has 0 radical (unpaired) electrons. The number of hydrogen-bond acceptors (Lipinski definition) is 6. The molecule has 1 aliphatic heterocycles. The van der Waals surface area contributed by atoms with Gasteiger partial charge in [0, 0.05) is 49.7 Å². The van der Waals surface area contributed by atoms with Gasteiger partial charge in [0.25, 0.3) is 0 Å². The molecular weight excluding hydrogens is 386 g/mol. The van der Waals surface area contributed by atoms with Crippen LogP contribution in [0.4, 0.5) is 5.95 Å². The molecule has 0 amide bonds. The van der Waals surface area contributed by atoms with Crippen LogP contribution >= 0.6 is 0 Å². The van der Waals surface area contributed by atoms with E-state index in [-0.39, 0.29) is 0 Å². The van der Waals surface area contributed by atoms with Crippen LogP contribution in [0.5, 0.6) is 0 Å². The predicted molar refractivity (Wildman–Crippen MR) is 122 cm³/mol. The van der Waals surface area contributed by atoms with Gasteiger partial charge >= 0.3 is 0 Å². The van der Waals surface area contributed by atoms with Gasteiger partial charge < -0.3 is 4.90 Å². The molecule has 0 spiro atoms. The summed E-state index contributed by atoms with van der Waals surface area (Å²) < 4.78 is 1.90. The second kappa shape index (κ2) is 7.28. The van der Waals surface area contributed by atoms with E-state index in [0.29, 0.717) is 0 Å². The molecule has 6 rings (SSSR count). The molecule has 1 saturated heterocycles. The highest BCUT2D eigenvalue weighted by molar-refractivity contribution is 5.92. The minimum atomic E-state index is 0.765. The van der Waals surface area contributed by atoms with Crippen LogP contribution in [-0.4, -0.2) is 55.6 Å². The molecule has 0 aliphatic carbocycles. The third-order valence-electron chi connectivity index (χ3n) is 6.03. The minimum absolute atomic E-state index is 0.765. The van der Waals surface area contributed by atoms with Crippen molar-refractivity contribution in [1.82, 2.24) is 29.5 Å². The number of nitrogens with zero attached hydrogens (tertiary/aromatic N) is 7. The molecule has 5 aromatic rings. The maximum absolute atomic E-state index is 4.95. The lowest BCUT2D eigenvalue weighted by Gasteiger charge is -2.35. The highest BCUT2D eigenvalue weighted by Crippen LogP contribution is 2.24. The van der Waals surface area contributed by atoms with Crippen LogP contribution in [0.2, 0.25) is 0 Å². The normalized spacial score (nSPS) is 15.3. The average Bonchev–Trinajstić information content (AvgIpc) is 3.21. The number of rotatable bonds is 3. The summed E-state index contributed by atoms with van der Waals surface area (Å²) in [5, 5.41) is 6.87. The largest absolute Gasteiger partial charge is 0.338 e. The van der Waals surface area contributed by atoms with Crippen molar-refractivity contribution in [1.29, 1.82) is 0 Å². The molecule has 0 unspecified atom stereocenters. The highest BCUT2D eigenvalue weighted by atomic mass is 15.4. The van der Waals surface area contributed by atoms with Gasteiger partial charge in [-0.3, -0.25) is 9.88 Å². The van der Waals surface area contributed by atoms with Gasteiger partial charge in [-0.1, -0.05) is 36.4 Å². The lowest BCUT2D eigenvalue weighted by molar-refractivity contribution is 0.249. The van der Waals surface area contributed by atoms with Gasteiger partial charge in [0.1, 0.15) is 5.82 Å². The number of para-hydroxylation sites is 2. The molecule has 7 nitrogen and oxygen atoms in total. The molecule has 0 N–H and O–H groups in total. The van der Waals surface area contributed by atoms with Gasteiger partial charge in [0.2, 0.25) is 5.95 Å². The Morgan fingerprint density at radius 2 is 1.71 bits per heavy atom. The Kier molecular flexibility index (Phi) is 4.28. The van der Waals surface area contributed by atoms with E-state index >= 15 is 0 Å². The molecule has 1 fully saturated rings. The van der Waals surface area contributed by atoms with E-state index in [1.165, 1.54) is 10.9 Å². The van der Waals surface area contributed by atoms with Crippen molar-refractivity contribution in [2.24, 2.45) is 0 Å². The Labute approximate surface area is 180 Å². The van der Waals surface area contributed by atoms with Gasteiger partial charge in [0.05, 0.1) is 11.0 Å². The number of anilines is 1. The lowest BCUT2D eigenvalue weighted by Crippen LogP contribution is -2.47. The van der Waals surface area contributed by atoms with Crippen molar-refractivity contribution in [3.05, 3.63) is 72.2 Å². The van der Waals surface area contributed by atoms with E-state index in [9.17, 15) is 0 Å². The highest BCUT2D eigenvalue weighted by Gasteiger charge is 2.23. The number of aryl methyl sites for hydroxylation is 1. The molecule has 31 heavy (non-hydrogen) atoms. The standard InChI is InChI=1S/C24H23N7/c1-17-26-23-20-9-2-3-10-21(20)27-24(31(23)28-17)30-14-12-29(13-15-30)16-19-7-4-6-18-8-5-11-25-22(18)19/h2-11H,12-16H2,1H3. The Balaban J connectivity index is 1.27. The molecule has 154 valence electrons. The van der Waals surface area contributed by atoms with E-state index in [4.69, 9.17) is 4.98 Å². The van der Waals surface area contributed by atoms with Crippen LogP contribution in [0.3, 0.4) is 0 Å². The van der Waals surface area contributed by atoms with Gasteiger partial charge in [0.15, 0.2) is 5.65 Å². The van der Waals surface area contributed by atoms with Crippen molar-refractivity contribution >= 4 is 33.4 Å². The Morgan fingerprint density at radius 1 is 0.871 bits per heavy atom. The van der Waals surface area contributed by atoms with Crippen LogP contribution in [0, 0.1) is 6.92 Å². The molecule has 3 aromatic heterocycles. The zero-order valence-corrected chi connectivity index (χ0v) is 17.4. The fourth-order valence-electron chi connectivity index (χ4n) is 4.49. The fraction of sp³-hybridized carbons (Fsp3) is 0.250. The van der Waals surface area contributed by atoms with Crippen molar-refractivity contribution in [2.75, 3.05) is 31.1 Å². The second-order valence-corrected chi connectivity index (χ2v) is 8.08. The number of pyridine rings is 1. The Bertz CT molecular complexity index is 1390. The Hall–Kier alpha value is -3.58. The molecular formula is C24H23N7. The lowest BCUT2D eigenvalue weighted by atomic mass is 10.1. The molecule has 7 heteroatoms. The van der Waals surface area contributed by atoms with Gasteiger partial charge in [-0.25, -0.2) is 9.97 Å². The van der Waals surface area contributed by atoms with E-state index in [1.807, 2.05) is 41.9 Å². The van der Waals surface area contributed by atoms with Crippen molar-refractivity contribution in [3.63, 3.8) is 0 Å². The summed E-state index contributed by atoms with van der Waals surface area (Å²) in [6, 6.07) is 18.7. The number of hydrogen-bond donors (Lipinski definition) is 0. The smallest absolute Gasteiger partial charge is 0.229 e. The topological polar surface area (TPSA) is 62.5 Å². The monoisotopic (exact) mass is 409 g/mol. The summed E-state index contributed by atoms with van der Waals surface area (Å²) in [7, 11) is 0. The summed E-state index contributed by atoms with van der Waals surface area (Å²) in [4.78, 5) is 19.0. The van der Waals surface area contributed by atoms with Crippen molar-refractivity contribution in [2.45, 2.75) is 13.5 Å². The van der Waals surface area contributed by atoms with E-state index in [2.05, 4.69) is 55.2 Å². The summed E-state index contributed by atoms with van der Waals surface area (Å²) in [5.74, 6) is 1.64. The minimum Gasteiger partial charge on any atom is -0.338 e. The van der Waals surface area contributed by atoms with E-state index in [1.54, 1.807) is 0 Å². The summed E-state index contributed by atoms with van der Waals surface area (Å²) in [6.07, 6.45) is 1.88. The molecule has 0 bridgehead atoms. The summed E-state index contributed by atoms with van der Waals surface area (Å²) >= 11 is 0. The summed E-state index contributed by atoms with van der Waals surface area (Å²) in [5.41, 5.74) is 4.22. The number of aromatic nitrogens is 5. The maximum atomic E-state index is 4.95. The fourth-order valence-corrected chi connectivity index (χ4v) is 4.49. The number of piperazine rings is 1. The van der Waals surface area contributed by atoms with Crippen molar-refractivity contribution < 1.29 is 0 Å². The van der Waals surface area contributed by atoms with Gasteiger partial charge in [-0.2, -0.15) is 4.52 Å². The van der Waals surface area contributed by atoms with E-state index < -0.39 is 0 Å². The average molecular weight is 409 g/mol. The zero-order chi connectivity index (χ0) is 20.8. The molecule has 1 aliphatic rings. The van der Waals surface area contributed by atoms with Crippen LogP contribution < -0.4 is 4.90 Å². The first-order valence-corrected chi connectivity index (χ1v) is 10.7. The first kappa shape index (κ1) is 18.2. The first-order valence-electron chi connectivity index (χ1n) is 10.7. The zero-order valence-electron chi connectivity index (χ0n) is 17.4. The molecule has 4 heterocycles. The van der Waals surface area contributed by atoms with Gasteiger partial charge in [-0.05, 0) is 30.7 Å². The SMILES string of the molecule is Cc1nc2c3ccccc3nc(N3CCN(Cc4cccc5cccnc45)CC3)n2n1. The molecule has 0 atom stereocenters. The van der Waals surface area contributed by atoms with Crippen LogP contribution in [0.1, 0.15) is 11.4 Å². The van der Waals surface area contributed by atoms with Crippen LogP contribution in [0.15, 0.2) is 60.8 Å². The second-order valence-electron chi connectivity index (χ2n) is 8.08. The number of fused-ring (bicyclic) bond motifs is 4. The number of benzene rings is 2. The first-order chi connectivity index (χ1) is 15.3. The molecule has 0 saturated carbocycles. The van der Waals surface area contributed by atoms with Crippen LogP contribution in [-0.2, 0) is 6.54 Å². The molecule has 2 aromatic carbocycles. The van der Waals surface area contributed by atoms with Crippen molar-refractivity contribution in [3.8, 4) is 0 Å².